The molecule has 17 heavy (non-hydrogen) atoms. The summed E-state index contributed by atoms with van der Waals surface area (Å²) in [6.07, 6.45) is 8.56. The highest BCUT2D eigenvalue weighted by molar-refractivity contribution is 6.29. The molecular weight excluding hydrogens is 230 g/mol. The van der Waals surface area contributed by atoms with Gasteiger partial charge in [0.2, 0.25) is 0 Å². The molecule has 0 spiro atoms. The van der Waals surface area contributed by atoms with Crippen LogP contribution in [0.4, 0.5) is 0 Å². The summed E-state index contributed by atoms with van der Waals surface area (Å²) in [7, 11) is 0. The van der Waals surface area contributed by atoms with E-state index in [0.29, 0.717) is 10.6 Å². The quantitative estimate of drug-likeness (QED) is 0.678. The summed E-state index contributed by atoms with van der Waals surface area (Å²) >= 11 is 6.07. The van der Waals surface area contributed by atoms with Crippen LogP contribution in [-0.2, 0) is 5.41 Å². The molecule has 0 aliphatic heterocycles. The lowest BCUT2D eigenvalue weighted by molar-refractivity contribution is -0.00719. The Hall–Kier alpha value is -0.560. The third kappa shape index (κ3) is 1.55. The van der Waals surface area contributed by atoms with Gasteiger partial charge in [-0.15, -0.1) is 0 Å². The largest absolute Gasteiger partial charge is 0.241 e. The summed E-state index contributed by atoms with van der Waals surface area (Å²) in [5, 5.41) is 0.665. The van der Waals surface area contributed by atoms with E-state index < -0.39 is 0 Å². The van der Waals surface area contributed by atoms with Gasteiger partial charge < -0.3 is 0 Å². The number of halogens is 1. The number of pyridine rings is 1. The molecule has 0 saturated heterocycles. The highest BCUT2D eigenvalue weighted by Crippen LogP contribution is 2.60. The van der Waals surface area contributed by atoms with Gasteiger partial charge in [-0.25, -0.2) is 4.98 Å². The molecule has 1 aromatic heterocycles. The van der Waals surface area contributed by atoms with Gasteiger partial charge in [-0.3, -0.25) is 0 Å². The van der Waals surface area contributed by atoms with Crippen LogP contribution in [0, 0.1) is 17.8 Å². The summed E-state index contributed by atoms with van der Waals surface area (Å²) < 4.78 is 0. The average molecular weight is 248 g/mol. The first-order valence-corrected chi connectivity index (χ1v) is 7.24. The molecule has 0 amide bonds. The van der Waals surface area contributed by atoms with E-state index in [1.807, 2.05) is 6.07 Å². The number of hydrogen-bond donors (Lipinski definition) is 0. The van der Waals surface area contributed by atoms with Crippen molar-refractivity contribution in [2.75, 3.05) is 0 Å². The molecule has 0 radical (unpaired) electrons. The van der Waals surface area contributed by atoms with Gasteiger partial charge in [0.15, 0.2) is 0 Å². The maximum Gasteiger partial charge on any atom is 0.129 e. The van der Waals surface area contributed by atoms with Crippen LogP contribution in [-0.4, -0.2) is 4.98 Å². The first-order valence-electron chi connectivity index (χ1n) is 6.87. The zero-order valence-electron chi connectivity index (χ0n) is 10.0. The third-order valence-electron chi connectivity index (χ3n) is 5.30. The molecule has 1 nitrogen and oxygen atoms in total. The highest BCUT2D eigenvalue weighted by atomic mass is 35.5. The summed E-state index contributed by atoms with van der Waals surface area (Å²) in [5.74, 6) is 2.92. The molecule has 0 N–H and O–H groups in total. The summed E-state index contributed by atoms with van der Waals surface area (Å²) in [6.45, 7) is 0. The highest BCUT2D eigenvalue weighted by Gasteiger charge is 2.52. The lowest BCUT2D eigenvalue weighted by atomic mass is 9.49. The topological polar surface area (TPSA) is 12.9 Å². The number of aromatic nitrogens is 1. The normalized spacial score (nSPS) is 43.0. The van der Waals surface area contributed by atoms with Crippen LogP contribution in [0.2, 0.25) is 5.15 Å². The van der Waals surface area contributed by atoms with Crippen LogP contribution < -0.4 is 0 Å². The minimum absolute atomic E-state index is 0.389. The molecule has 4 saturated carbocycles. The predicted octanol–water partition coefficient (Wildman–Crippen LogP) is 4.20. The van der Waals surface area contributed by atoms with Crippen molar-refractivity contribution >= 4 is 11.6 Å². The van der Waals surface area contributed by atoms with E-state index in [1.165, 1.54) is 44.2 Å². The van der Waals surface area contributed by atoms with E-state index in [9.17, 15) is 0 Å². The molecular formula is C15H18ClN. The first-order chi connectivity index (χ1) is 8.23. The number of nitrogens with zero attached hydrogens (tertiary/aromatic N) is 1. The molecule has 0 atom stereocenters. The van der Waals surface area contributed by atoms with Crippen LogP contribution in [0.25, 0.3) is 0 Å². The molecule has 0 unspecified atom stereocenters. The van der Waals surface area contributed by atoms with E-state index in [0.717, 1.165) is 17.8 Å². The van der Waals surface area contributed by atoms with Crippen LogP contribution in [0.1, 0.15) is 44.2 Å². The zero-order chi connectivity index (χ0) is 11.5. The fourth-order valence-electron chi connectivity index (χ4n) is 5.13. The van der Waals surface area contributed by atoms with Gasteiger partial charge in [0, 0.05) is 11.1 Å². The van der Waals surface area contributed by atoms with Gasteiger partial charge in [-0.1, -0.05) is 17.7 Å². The second-order valence-corrected chi connectivity index (χ2v) is 6.93. The second kappa shape index (κ2) is 3.47. The summed E-state index contributed by atoms with van der Waals surface area (Å²) in [6, 6.07) is 6.17. The van der Waals surface area contributed by atoms with E-state index in [1.54, 1.807) is 0 Å². The standard InChI is InChI=1S/C15H18ClN/c16-14-3-1-2-13(17-14)15-7-10-4-11(8-15)6-12(5-10)9-15/h1-3,10-12H,4-9H2. The SMILES string of the molecule is Clc1cccc(C23CC4CC(CC(C4)C2)C3)n1. The van der Waals surface area contributed by atoms with Crippen LogP contribution >= 0.6 is 11.6 Å². The van der Waals surface area contributed by atoms with E-state index >= 15 is 0 Å². The fraction of sp³-hybridized carbons (Fsp3) is 0.667. The Balaban J connectivity index is 1.77. The lowest BCUT2D eigenvalue weighted by Crippen LogP contribution is -2.48. The van der Waals surface area contributed by atoms with E-state index in [-0.39, 0.29) is 0 Å². The Bertz CT molecular complexity index is 419. The fourth-order valence-corrected chi connectivity index (χ4v) is 5.29. The van der Waals surface area contributed by atoms with Crippen LogP contribution in [0.15, 0.2) is 18.2 Å². The van der Waals surface area contributed by atoms with Crippen molar-refractivity contribution in [1.29, 1.82) is 0 Å². The molecule has 1 aromatic rings. The van der Waals surface area contributed by atoms with E-state index in [4.69, 9.17) is 11.6 Å². The van der Waals surface area contributed by atoms with Gasteiger partial charge in [0.25, 0.3) is 0 Å². The van der Waals surface area contributed by atoms with Gasteiger partial charge in [-0.2, -0.15) is 0 Å². The first kappa shape index (κ1) is 10.4. The monoisotopic (exact) mass is 247 g/mol. The smallest absolute Gasteiger partial charge is 0.129 e. The third-order valence-corrected chi connectivity index (χ3v) is 5.51. The summed E-state index contributed by atoms with van der Waals surface area (Å²) in [4.78, 5) is 4.63. The Morgan fingerprint density at radius 1 is 1.00 bits per heavy atom. The molecule has 4 aliphatic rings. The second-order valence-electron chi connectivity index (χ2n) is 6.54. The predicted molar refractivity (Wildman–Crippen MR) is 69.1 cm³/mol. The summed E-state index contributed by atoms with van der Waals surface area (Å²) in [5.41, 5.74) is 1.67. The number of rotatable bonds is 1. The van der Waals surface area contributed by atoms with Crippen LogP contribution in [0.3, 0.4) is 0 Å². The Morgan fingerprint density at radius 2 is 1.59 bits per heavy atom. The van der Waals surface area contributed by atoms with Gasteiger partial charge in [-0.05, 0) is 68.4 Å². The molecule has 5 rings (SSSR count). The average Bonchev–Trinajstić information content (AvgIpc) is 2.27. The van der Waals surface area contributed by atoms with Crippen molar-refractivity contribution in [2.45, 2.75) is 43.9 Å². The van der Waals surface area contributed by atoms with Crippen molar-refractivity contribution in [3.63, 3.8) is 0 Å². The molecule has 4 aliphatic carbocycles. The minimum atomic E-state index is 0.389. The molecule has 0 aromatic carbocycles. The van der Waals surface area contributed by atoms with Gasteiger partial charge >= 0.3 is 0 Å². The Labute approximate surface area is 108 Å². The maximum atomic E-state index is 6.07. The van der Waals surface area contributed by atoms with Crippen molar-refractivity contribution in [2.24, 2.45) is 17.8 Å². The maximum absolute atomic E-state index is 6.07. The molecule has 4 fully saturated rings. The Kier molecular flexibility index (Phi) is 2.12. The van der Waals surface area contributed by atoms with Crippen molar-refractivity contribution in [1.82, 2.24) is 4.98 Å². The Morgan fingerprint density at radius 3 is 2.12 bits per heavy atom. The molecule has 1 heterocycles. The minimum Gasteiger partial charge on any atom is -0.241 e. The molecule has 4 bridgehead atoms. The lowest BCUT2D eigenvalue weighted by Gasteiger charge is -2.56. The molecule has 2 heteroatoms. The van der Waals surface area contributed by atoms with Crippen LogP contribution in [0.5, 0.6) is 0 Å². The zero-order valence-corrected chi connectivity index (χ0v) is 10.8. The van der Waals surface area contributed by atoms with Crippen molar-refractivity contribution in [3.8, 4) is 0 Å². The number of hydrogen-bond acceptors (Lipinski definition) is 1. The van der Waals surface area contributed by atoms with E-state index in [2.05, 4.69) is 17.1 Å². The van der Waals surface area contributed by atoms with Gasteiger partial charge in [0.1, 0.15) is 5.15 Å². The molecule has 90 valence electrons. The van der Waals surface area contributed by atoms with Crippen molar-refractivity contribution < 1.29 is 0 Å². The van der Waals surface area contributed by atoms with Gasteiger partial charge in [0.05, 0.1) is 0 Å². The van der Waals surface area contributed by atoms with Crippen molar-refractivity contribution in [3.05, 3.63) is 29.0 Å².